The predicted octanol–water partition coefficient (Wildman–Crippen LogP) is 1.19. The molecule has 0 aromatic rings. The number of ether oxygens (including phenoxy) is 1. The van der Waals surface area contributed by atoms with E-state index >= 15 is 0 Å². The molecule has 3 heteroatoms. The average molecular weight is 182 g/mol. The molecule has 0 fully saturated rings. The second-order valence-corrected chi connectivity index (χ2v) is 3.04. The van der Waals surface area contributed by atoms with E-state index in [1.54, 1.807) is 0 Å². The molecule has 1 unspecified atom stereocenters. The maximum absolute atomic E-state index is 10.9. The minimum Gasteiger partial charge on any atom is -0.459 e. The number of carbonyl (C=O) groups excluding carboxylic acids is 1. The van der Waals surface area contributed by atoms with Crippen molar-refractivity contribution in [1.29, 1.82) is 0 Å². The third kappa shape index (κ3) is 3.42. The molecular formula is C10H14O3. The molecule has 1 atom stereocenters. The number of rotatable bonds is 3. The summed E-state index contributed by atoms with van der Waals surface area (Å²) in [5.74, 6) is -0.570. The van der Waals surface area contributed by atoms with E-state index in [4.69, 9.17) is 9.84 Å². The van der Waals surface area contributed by atoms with E-state index in [-0.39, 0.29) is 6.61 Å². The first kappa shape index (κ1) is 9.99. The van der Waals surface area contributed by atoms with Crippen LogP contribution in [0.3, 0.4) is 0 Å². The van der Waals surface area contributed by atoms with Crippen LogP contribution >= 0.6 is 0 Å². The summed E-state index contributed by atoms with van der Waals surface area (Å²) in [5, 5.41) is 8.84. The molecule has 1 rings (SSSR count). The zero-order valence-electron chi connectivity index (χ0n) is 7.69. The summed E-state index contributed by atoms with van der Waals surface area (Å²) < 4.78 is 4.83. The van der Waals surface area contributed by atoms with Crippen molar-refractivity contribution in [3.05, 3.63) is 23.8 Å². The number of allylic oxidation sites excluding steroid dienone is 2. The molecule has 0 amide bonds. The van der Waals surface area contributed by atoms with Gasteiger partial charge < -0.3 is 9.84 Å². The molecule has 0 spiro atoms. The molecule has 1 N–H and O–H groups in total. The lowest BCUT2D eigenvalue weighted by molar-refractivity contribution is -0.151. The third-order valence-corrected chi connectivity index (χ3v) is 1.79. The summed E-state index contributed by atoms with van der Waals surface area (Å²) in [4.78, 5) is 10.9. The standard InChI is InChI=1S/C10H14O3/c1-8(11)10(12)13-7-9-5-3-2-4-6-9/h3,5-6,8,11H,2,4,7H2,1H3. The van der Waals surface area contributed by atoms with Gasteiger partial charge in [0.2, 0.25) is 0 Å². The Morgan fingerprint density at radius 2 is 2.46 bits per heavy atom. The first-order valence-corrected chi connectivity index (χ1v) is 4.40. The second-order valence-electron chi connectivity index (χ2n) is 3.04. The van der Waals surface area contributed by atoms with Gasteiger partial charge in [-0.2, -0.15) is 0 Å². The fourth-order valence-electron chi connectivity index (χ4n) is 1.05. The fraction of sp³-hybridized carbons (Fsp3) is 0.500. The lowest BCUT2D eigenvalue weighted by atomic mass is 10.1. The van der Waals surface area contributed by atoms with Crippen LogP contribution in [0.15, 0.2) is 23.8 Å². The summed E-state index contributed by atoms with van der Waals surface area (Å²) in [6.45, 7) is 1.66. The topological polar surface area (TPSA) is 46.5 Å². The van der Waals surface area contributed by atoms with Gasteiger partial charge in [-0.25, -0.2) is 4.79 Å². The van der Waals surface area contributed by atoms with Crippen molar-refractivity contribution in [1.82, 2.24) is 0 Å². The summed E-state index contributed by atoms with van der Waals surface area (Å²) in [5.41, 5.74) is 1.00. The second kappa shape index (κ2) is 4.82. The first-order chi connectivity index (χ1) is 6.20. The highest BCUT2D eigenvalue weighted by atomic mass is 16.5. The maximum Gasteiger partial charge on any atom is 0.334 e. The predicted molar refractivity (Wildman–Crippen MR) is 49.1 cm³/mol. The molecule has 72 valence electrons. The SMILES string of the molecule is CC(O)C(=O)OCC1=CCCC=C1. The molecule has 0 aromatic carbocycles. The number of carbonyl (C=O) groups is 1. The molecule has 0 radical (unpaired) electrons. The normalized spacial score (nSPS) is 17.8. The van der Waals surface area contributed by atoms with Crippen molar-refractivity contribution < 1.29 is 14.6 Å². The van der Waals surface area contributed by atoms with Gasteiger partial charge >= 0.3 is 5.97 Å². The number of aliphatic hydroxyl groups is 1. The Morgan fingerprint density at radius 1 is 1.69 bits per heavy atom. The number of hydrogen-bond acceptors (Lipinski definition) is 3. The molecule has 1 aliphatic rings. The fourth-order valence-corrected chi connectivity index (χ4v) is 1.05. The highest BCUT2D eigenvalue weighted by Crippen LogP contribution is 2.09. The lowest BCUT2D eigenvalue weighted by Crippen LogP contribution is -2.20. The Bertz CT molecular complexity index is 239. The van der Waals surface area contributed by atoms with Gasteiger partial charge in [-0.3, -0.25) is 0 Å². The molecule has 3 nitrogen and oxygen atoms in total. The quantitative estimate of drug-likeness (QED) is 0.667. The van der Waals surface area contributed by atoms with Gasteiger partial charge in [0, 0.05) is 0 Å². The van der Waals surface area contributed by atoms with E-state index in [2.05, 4.69) is 0 Å². The van der Waals surface area contributed by atoms with Crippen molar-refractivity contribution >= 4 is 5.97 Å². The number of esters is 1. The van der Waals surface area contributed by atoms with Gasteiger partial charge in [0.05, 0.1) is 0 Å². The molecule has 0 aliphatic heterocycles. The minimum atomic E-state index is -1.03. The molecule has 0 aromatic heterocycles. The minimum absolute atomic E-state index is 0.264. The number of hydrogen-bond donors (Lipinski definition) is 1. The van der Waals surface area contributed by atoms with Crippen LogP contribution < -0.4 is 0 Å². The zero-order valence-corrected chi connectivity index (χ0v) is 7.69. The van der Waals surface area contributed by atoms with Gasteiger partial charge in [0.15, 0.2) is 0 Å². The molecular weight excluding hydrogens is 168 g/mol. The molecule has 0 heterocycles. The Morgan fingerprint density at radius 3 is 3.00 bits per heavy atom. The van der Waals surface area contributed by atoms with Crippen LogP contribution in [0.2, 0.25) is 0 Å². The summed E-state index contributed by atoms with van der Waals surface area (Å²) >= 11 is 0. The van der Waals surface area contributed by atoms with E-state index < -0.39 is 12.1 Å². The zero-order chi connectivity index (χ0) is 9.68. The van der Waals surface area contributed by atoms with Crippen LogP contribution in [-0.2, 0) is 9.53 Å². The van der Waals surface area contributed by atoms with E-state index in [0.29, 0.717) is 0 Å². The molecule has 0 bridgehead atoms. The number of aliphatic hydroxyl groups excluding tert-OH is 1. The summed E-state index contributed by atoms with van der Waals surface area (Å²) in [6.07, 6.45) is 7.04. The Hall–Kier alpha value is -1.09. The monoisotopic (exact) mass is 182 g/mol. The molecule has 13 heavy (non-hydrogen) atoms. The van der Waals surface area contributed by atoms with Crippen LogP contribution in [0.4, 0.5) is 0 Å². The van der Waals surface area contributed by atoms with E-state index in [9.17, 15) is 4.79 Å². The van der Waals surface area contributed by atoms with Crippen LogP contribution in [0.1, 0.15) is 19.8 Å². The van der Waals surface area contributed by atoms with Gasteiger partial charge in [-0.05, 0) is 25.3 Å². The van der Waals surface area contributed by atoms with Gasteiger partial charge in [0.1, 0.15) is 12.7 Å². The Kier molecular flexibility index (Phi) is 3.71. The van der Waals surface area contributed by atoms with E-state index in [1.165, 1.54) is 6.92 Å². The summed E-state index contributed by atoms with van der Waals surface area (Å²) in [6, 6.07) is 0. The van der Waals surface area contributed by atoms with Crippen LogP contribution in [-0.4, -0.2) is 23.8 Å². The highest BCUT2D eigenvalue weighted by molar-refractivity contribution is 5.74. The van der Waals surface area contributed by atoms with Gasteiger partial charge in [0.25, 0.3) is 0 Å². The van der Waals surface area contributed by atoms with Crippen molar-refractivity contribution in [3.63, 3.8) is 0 Å². The Labute approximate surface area is 77.7 Å². The van der Waals surface area contributed by atoms with E-state index in [0.717, 1.165) is 18.4 Å². The lowest BCUT2D eigenvalue weighted by Gasteiger charge is -2.09. The largest absolute Gasteiger partial charge is 0.459 e. The third-order valence-electron chi connectivity index (χ3n) is 1.79. The molecule has 0 saturated heterocycles. The van der Waals surface area contributed by atoms with Crippen molar-refractivity contribution in [2.45, 2.75) is 25.9 Å². The van der Waals surface area contributed by atoms with Crippen LogP contribution in [0.5, 0.6) is 0 Å². The van der Waals surface area contributed by atoms with Gasteiger partial charge in [-0.15, -0.1) is 0 Å². The average Bonchev–Trinajstić information content (AvgIpc) is 2.15. The maximum atomic E-state index is 10.9. The molecule has 1 aliphatic carbocycles. The van der Waals surface area contributed by atoms with E-state index in [1.807, 2.05) is 18.2 Å². The highest BCUT2D eigenvalue weighted by Gasteiger charge is 2.10. The van der Waals surface area contributed by atoms with Crippen LogP contribution in [0.25, 0.3) is 0 Å². The van der Waals surface area contributed by atoms with Gasteiger partial charge in [-0.1, -0.05) is 18.2 Å². The van der Waals surface area contributed by atoms with Crippen molar-refractivity contribution in [3.8, 4) is 0 Å². The summed E-state index contributed by atoms with van der Waals surface area (Å²) in [7, 11) is 0. The Balaban J connectivity index is 2.30. The first-order valence-electron chi connectivity index (χ1n) is 4.40. The molecule has 0 saturated carbocycles. The van der Waals surface area contributed by atoms with Crippen molar-refractivity contribution in [2.24, 2.45) is 0 Å². The van der Waals surface area contributed by atoms with Crippen molar-refractivity contribution in [2.75, 3.05) is 6.61 Å². The van der Waals surface area contributed by atoms with Crippen LogP contribution in [0, 0.1) is 0 Å². The smallest absolute Gasteiger partial charge is 0.334 e.